The fraction of sp³-hybridized carbons (Fsp3) is 0.240. The number of hydrogen-bond donors (Lipinski definition) is 1. The summed E-state index contributed by atoms with van der Waals surface area (Å²) in [6.45, 7) is 5.09. The first kappa shape index (κ1) is 19.5. The van der Waals surface area contributed by atoms with Gasteiger partial charge in [-0.25, -0.2) is 9.97 Å². The zero-order valence-electron chi connectivity index (χ0n) is 17.5. The Morgan fingerprint density at radius 2 is 1.58 bits per heavy atom. The van der Waals surface area contributed by atoms with Gasteiger partial charge in [0.15, 0.2) is 5.78 Å². The number of Topliss-reactive ketones (excluding diaryl/α,β-unsaturated/α-hetero) is 1. The molecule has 2 aromatic heterocycles. The molecule has 0 amide bonds. The Hall–Kier alpha value is -3.51. The Balaban J connectivity index is 1.47. The third kappa shape index (κ3) is 3.70. The second-order valence-electron chi connectivity index (χ2n) is 7.92. The highest BCUT2D eigenvalue weighted by molar-refractivity contribution is 6.11. The zero-order valence-corrected chi connectivity index (χ0v) is 17.5. The Morgan fingerprint density at radius 3 is 2.32 bits per heavy atom. The van der Waals surface area contributed by atoms with E-state index in [9.17, 15) is 4.79 Å². The lowest BCUT2D eigenvalue weighted by molar-refractivity contribution is 0.0807. The number of anilines is 1. The van der Waals surface area contributed by atoms with Crippen LogP contribution in [-0.2, 0) is 0 Å². The Morgan fingerprint density at radius 1 is 0.903 bits per heavy atom. The van der Waals surface area contributed by atoms with Crippen molar-refractivity contribution in [2.75, 3.05) is 31.1 Å². The monoisotopic (exact) mass is 411 g/mol. The van der Waals surface area contributed by atoms with Gasteiger partial charge >= 0.3 is 0 Å². The summed E-state index contributed by atoms with van der Waals surface area (Å²) in [5, 5.41) is 0.988. The van der Waals surface area contributed by atoms with E-state index >= 15 is 0 Å². The molecule has 1 atom stereocenters. The highest BCUT2D eigenvalue weighted by Crippen LogP contribution is 2.31. The number of H-pyrrole nitrogens is 1. The van der Waals surface area contributed by atoms with E-state index in [1.807, 2.05) is 55.5 Å². The maximum atomic E-state index is 14.0. The van der Waals surface area contributed by atoms with Crippen LogP contribution in [0.1, 0.15) is 27.7 Å². The van der Waals surface area contributed by atoms with Gasteiger partial charge in [-0.15, -0.1) is 0 Å². The summed E-state index contributed by atoms with van der Waals surface area (Å²) in [5.74, 6) is 0.891. The Bertz CT molecular complexity index is 1180. The minimum Gasteiger partial charge on any atom is -0.358 e. The molecule has 6 heteroatoms. The van der Waals surface area contributed by atoms with Crippen LogP contribution in [0, 0.1) is 6.92 Å². The van der Waals surface area contributed by atoms with Gasteiger partial charge in [0.2, 0.25) is 5.95 Å². The van der Waals surface area contributed by atoms with E-state index in [0.29, 0.717) is 0 Å². The highest BCUT2D eigenvalue weighted by atomic mass is 16.1. The van der Waals surface area contributed by atoms with E-state index in [1.54, 1.807) is 12.4 Å². The summed E-state index contributed by atoms with van der Waals surface area (Å²) in [5.41, 5.74) is 3.74. The fourth-order valence-corrected chi connectivity index (χ4v) is 4.53. The Kier molecular flexibility index (Phi) is 5.22. The van der Waals surface area contributed by atoms with Gasteiger partial charge in [-0.1, -0.05) is 48.5 Å². The molecule has 156 valence electrons. The maximum Gasteiger partial charge on any atom is 0.225 e. The van der Waals surface area contributed by atoms with Crippen molar-refractivity contribution in [2.24, 2.45) is 0 Å². The van der Waals surface area contributed by atoms with Crippen LogP contribution in [0.15, 0.2) is 73.1 Å². The second kappa shape index (κ2) is 8.32. The molecular formula is C25H25N5O. The number of para-hydroxylation sites is 1. The minimum absolute atomic E-state index is 0.144. The summed E-state index contributed by atoms with van der Waals surface area (Å²) in [7, 11) is 0. The fourth-order valence-electron chi connectivity index (χ4n) is 4.53. The minimum atomic E-state index is -0.321. The average molecular weight is 412 g/mol. The summed E-state index contributed by atoms with van der Waals surface area (Å²) < 4.78 is 0. The van der Waals surface area contributed by atoms with Crippen LogP contribution < -0.4 is 4.90 Å². The zero-order chi connectivity index (χ0) is 21.2. The van der Waals surface area contributed by atoms with Gasteiger partial charge in [-0.05, 0) is 24.6 Å². The first-order valence-electron chi connectivity index (χ1n) is 10.6. The molecule has 0 unspecified atom stereocenters. The third-order valence-corrected chi connectivity index (χ3v) is 6.02. The standard InChI is InChI=1S/C25H25N5O/c1-18-22(20-10-5-6-11-21(20)28-18)24(31)23(19-8-3-2-4-9-19)29-14-16-30(17-15-29)25-26-12-7-13-27-25/h2-13,23,28H,14-17H2,1H3/t23-/m1/s1. The summed E-state index contributed by atoms with van der Waals surface area (Å²) in [6.07, 6.45) is 3.54. The predicted molar refractivity (Wildman–Crippen MR) is 122 cm³/mol. The normalized spacial score (nSPS) is 15.8. The first-order valence-corrected chi connectivity index (χ1v) is 10.6. The predicted octanol–water partition coefficient (Wildman–Crippen LogP) is 4.01. The largest absolute Gasteiger partial charge is 0.358 e. The second-order valence-corrected chi connectivity index (χ2v) is 7.92. The number of carbonyl (C=O) groups excluding carboxylic acids is 1. The number of benzene rings is 2. The molecule has 3 heterocycles. The van der Waals surface area contributed by atoms with Gasteiger partial charge < -0.3 is 9.88 Å². The number of aromatic amines is 1. The molecule has 0 aliphatic carbocycles. The molecule has 1 N–H and O–H groups in total. The van der Waals surface area contributed by atoms with E-state index in [4.69, 9.17) is 0 Å². The number of hydrogen-bond acceptors (Lipinski definition) is 5. The SMILES string of the molecule is Cc1[nH]c2ccccc2c1C(=O)[C@@H](c1ccccc1)N1CCN(c2ncccn2)CC1. The number of nitrogens with zero attached hydrogens (tertiary/aromatic N) is 4. The summed E-state index contributed by atoms with van der Waals surface area (Å²) in [6, 6.07) is 19.6. The van der Waals surface area contributed by atoms with Crippen molar-refractivity contribution >= 4 is 22.6 Å². The number of aromatic nitrogens is 3. The van der Waals surface area contributed by atoms with Crippen LogP contribution in [0.2, 0.25) is 0 Å². The summed E-state index contributed by atoms with van der Waals surface area (Å²) in [4.78, 5) is 30.6. The van der Waals surface area contributed by atoms with E-state index in [2.05, 4.69) is 36.9 Å². The molecule has 31 heavy (non-hydrogen) atoms. The van der Waals surface area contributed by atoms with Crippen molar-refractivity contribution in [1.29, 1.82) is 0 Å². The number of carbonyl (C=O) groups is 1. The first-order chi connectivity index (χ1) is 15.2. The molecule has 0 saturated carbocycles. The molecule has 0 radical (unpaired) electrons. The van der Waals surface area contributed by atoms with E-state index in [1.165, 1.54) is 0 Å². The van der Waals surface area contributed by atoms with Crippen molar-refractivity contribution in [1.82, 2.24) is 19.9 Å². The van der Waals surface area contributed by atoms with E-state index in [0.717, 1.165) is 59.9 Å². The lowest BCUT2D eigenvalue weighted by Crippen LogP contribution is -2.49. The number of rotatable bonds is 5. The maximum absolute atomic E-state index is 14.0. The smallest absolute Gasteiger partial charge is 0.225 e. The van der Waals surface area contributed by atoms with E-state index in [-0.39, 0.29) is 11.8 Å². The molecule has 2 aromatic carbocycles. The Labute approximate surface area is 181 Å². The summed E-state index contributed by atoms with van der Waals surface area (Å²) >= 11 is 0. The molecule has 1 fully saturated rings. The molecule has 5 rings (SSSR count). The van der Waals surface area contributed by atoms with Gasteiger partial charge in [0, 0.05) is 60.7 Å². The van der Waals surface area contributed by atoms with Crippen LogP contribution >= 0.6 is 0 Å². The van der Waals surface area contributed by atoms with Crippen molar-refractivity contribution < 1.29 is 4.79 Å². The lowest BCUT2D eigenvalue weighted by Gasteiger charge is -2.38. The van der Waals surface area contributed by atoms with Crippen LogP contribution in [-0.4, -0.2) is 51.8 Å². The molecule has 6 nitrogen and oxygen atoms in total. The van der Waals surface area contributed by atoms with Crippen LogP contribution in [0.25, 0.3) is 10.9 Å². The van der Waals surface area contributed by atoms with Gasteiger partial charge in [0.05, 0.1) is 6.04 Å². The van der Waals surface area contributed by atoms with Crippen LogP contribution in [0.5, 0.6) is 0 Å². The molecular weight excluding hydrogens is 386 g/mol. The van der Waals surface area contributed by atoms with Gasteiger partial charge in [0.1, 0.15) is 0 Å². The molecule has 0 bridgehead atoms. The van der Waals surface area contributed by atoms with Crippen LogP contribution in [0.4, 0.5) is 5.95 Å². The average Bonchev–Trinajstić information content (AvgIpc) is 3.16. The van der Waals surface area contributed by atoms with E-state index < -0.39 is 0 Å². The van der Waals surface area contributed by atoms with Gasteiger partial charge in [0.25, 0.3) is 0 Å². The third-order valence-electron chi connectivity index (χ3n) is 6.02. The van der Waals surface area contributed by atoms with Crippen molar-refractivity contribution in [3.8, 4) is 0 Å². The number of ketones is 1. The molecule has 1 aliphatic heterocycles. The van der Waals surface area contributed by atoms with Crippen molar-refractivity contribution in [2.45, 2.75) is 13.0 Å². The van der Waals surface area contributed by atoms with Crippen molar-refractivity contribution in [3.05, 3.63) is 89.9 Å². The molecule has 1 aliphatic rings. The van der Waals surface area contributed by atoms with Gasteiger partial charge in [-0.2, -0.15) is 0 Å². The number of piperazine rings is 1. The number of nitrogens with one attached hydrogen (secondary N) is 1. The number of fused-ring (bicyclic) bond motifs is 1. The lowest BCUT2D eigenvalue weighted by atomic mass is 9.93. The number of aryl methyl sites for hydroxylation is 1. The molecule has 4 aromatic rings. The highest BCUT2D eigenvalue weighted by Gasteiger charge is 2.33. The quantitative estimate of drug-likeness (QED) is 0.503. The molecule has 0 spiro atoms. The van der Waals surface area contributed by atoms with Gasteiger partial charge in [-0.3, -0.25) is 9.69 Å². The van der Waals surface area contributed by atoms with Crippen LogP contribution in [0.3, 0.4) is 0 Å². The topological polar surface area (TPSA) is 65.1 Å². The molecule has 1 saturated heterocycles. The van der Waals surface area contributed by atoms with Crippen molar-refractivity contribution in [3.63, 3.8) is 0 Å².